The molecular weight excluding hydrogens is 230 g/mol. The van der Waals surface area contributed by atoms with Crippen molar-refractivity contribution in [1.29, 1.82) is 0 Å². The Morgan fingerprint density at radius 1 is 1.56 bits per heavy atom. The fourth-order valence-electron chi connectivity index (χ4n) is 2.86. The molecule has 1 aromatic rings. The summed E-state index contributed by atoms with van der Waals surface area (Å²) in [6.45, 7) is 1.86. The molecule has 2 heterocycles. The smallest absolute Gasteiger partial charge is 0.225 e. The number of fused-ring (bicyclic) bond motifs is 1. The number of nitrogens with one attached hydrogen (secondary N) is 1. The fourth-order valence-corrected chi connectivity index (χ4v) is 2.86. The quantitative estimate of drug-likeness (QED) is 0.851. The number of ether oxygens (including phenoxy) is 1. The molecule has 0 unspecified atom stereocenters. The Morgan fingerprint density at radius 2 is 2.44 bits per heavy atom. The number of aromatic nitrogens is 2. The highest BCUT2D eigenvalue weighted by Gasteiger charge is 2.25. The zero-order valence-electron chi connectivity index (χ0n) is 10.7. The van der Waals surface area contributed by atoms with Crippen LogP contribution in [0.4, 0.5) is 0 Å². The number of rotatable bonds is 3. The van der Waals surface area contributed by atoms with Gasteiger partial charge >= 0.3 is 0 Å². The zero-order valence-corrected chi connectivity index (χ0v) is 10.7. The van der Waals surface area contributed by atoms with Crippen molar-refractivity contribution in [2.24, 2.45) is 13.0 Å². The van der Waals surface area contributed by atoms with Gasteiger partial charge in [0.2, 0.25) is 5.91 Å². The predicted octanol–water partition coefficient (Wildman–Crippen LogP) is 0.561. The molecule has 0 spiro atoms. The topological polar surface area (TPSA) is 56.2 Å². The van der Waals surface area contributed by atoms with Crippen LogP contribution >= 0.6 is 0 Å². The van der Waals surface area contributed by atoms with Gasteiger partial charge in [-0.1, -0.05) is 0 Å². The Kier molecular flexibility index (Phi) is 3.07. The molecule has 1 aliphatic heterocycles. The van der Waals surface area contributed by atoms with E-state index < -0.39 is 0 Å². The summed E-state index contributed by atoms with van der Waals surface area (Å²) >= 11 is 0. The molecule has 1 fully saturated rings. The zero-order chi connectivity index (χ0) is 12.5. The van der Waals surface area contributed by atoms with Crippen molar-refractivity contribution in [2.45, 2.75) is 32.2 Å². The lowest BCUT2D eigenvalue weighted by molar-refractivity contribution is -0.125. The van der Waals surface area contributed by atoms with E-state index in [9.17, 15) is 4.79 Å². The lowest BCUT2D eigenvalue weighted by Gasteiger charge is -2.10. The molecule has 5 heteroatoms. The van der Waals surface area contributed by atoms with Crippen LogP contribution < -0.4 is 5.32 Å². The first kappa shape index (κ1) is 11.7. The second-order valence-corrected chi connectivity index (χ2v) is 5.13. The molecule has 1 amide bonds. The van der Waals surface area contributed by atoms with Gasteiger partial charge in [-0.15, -0.1) is 0 Å². The van der Waals surface area contributed by atoms with E-state index >= 15 is 0 Å². The van der Waals surface area contributed by atoms with Crippen molar-refractivity contribution >= 4 is 5.91 Å². The minimum absolute atomic E-state index is 0.0336. The molecule has 1 N–H and O–H groups in total. The number of hydrogen-bond donors (Lipinski definition) is 1. The molecule has 0 bridgehead atoms. The van der Waals surface area contributed by atoms with Crippen molar-refractivity contribution in [1.82, 2.24) is 15.1 Å². The van der Waals surface area contributed by atoms with Gasteiger partial charge in [-0.05, 0) is 31.2 Å². The maximum absolute atomic E-state index is 11.9. The molecule has 1 aromatic heterocycles. The summed E-state index contributed by atoms with van der Waals surface area (Å²) in [7, 11) is 1.96. The molecule has 5 nitrogen and oxygen atoms in total. The van der Waals surface area contributed by atoms with Crippen LogP contribution in [0.1, 0.15) is 29.8 Å². The highest BCUT2D eigenvalue weighted by atomic mass is 16.5. The van der Waals surface area contributed by atoms with Crippen molar-refractivity contribution in [3.8, 4) is 0 Å². The minimum atomic E-state index is 0.0336. The van der Waals surface area contributed by atoms with Crippen LogP contribution in [0.25, 0.3) is 0 Å². The maximum atomic E-state index is 11.9. The van der Waals surface area contributed by atoms with Gasteiger partial charge in [0.1, 0.15) is 0 Å². The molecule has 18 heavy (non-hydrogen) atoms. The van der Waals surface area contributed by atoms with Gasteiger partial charge in [-0.2, -0.15) is 5.10 Å². The Balaban J connectivity index is 1.64. The third-order valence-electron chi connectivity index (χ3n) is 3.93. The molecule has 1 atom stereocenters. The van der Waals surface area contributed by atoms with Crippen LogP contribution in [0.3, 0.4) is 0 Å². The van der Waals surface area contributed by atoms with Gasteiger partial charge in [-0.3, -0.25) is 9.48 Å². The average molecular weight is 249 g/mol. The van der Waals surface area contributed by atoms with Crippen molar-refractivity contribution in [3.63, 3.8) is 0 Å². The molecular formula is C13H19N3O2. The van der Waals surface area contributed by atoms with Crippen LogP contribution in [-0.2, 0) is 36.0 Å². The van der Waals surface area contributed by atoms with E-state index in [4.69, 9.17) is 4.74 Å². The lowest BCUT2D eigenvalue weighted by atomic mass is 10.1. The SMILES string of the molecule is Cn1nc2c(c1CNC(=O)[C@@H]1CCOC1)CCC2. The summed E-state index contributed by atoms with van der Waals surface area (Å²) < 4.78 is 7.15. The number of hydrogen-bond acceptors (Lipinski definition) is 3. The Morgan fingerprint density at radius 3 is 3.22 bits per heavy atom. The summed E-state index contributed by atoms with van der Waals surface area (Å²) in [5, 5.41) is 7.53. The van der Waals surface area contributed by atoms with E-state index in [1.807, 2.05) is 11.7 Å². The van der Waals surface area contributed by atoms with Crippen LogP contribution in [0.15, 0.2) is 0 Å². The third kappa shape index (κ3) is 2.03. The van der Waals surface area contributed by atoms with Gasteiger partial charge in [0.05, 0.1) is 30.5 Å². The summed E-state index contributed by atoms with van der Waals surface area (Å²) in [5.74, 6) is 0.145. The monoisotopic (exact) mass is 249 g/mol. The summed E-state index contributed by atoms with van der Waals surface area (Å²) in [5.41, 5.74) is 3.72. The lowest BCUT2D eigenvalue weighted by Crippen LogP contribution is -2.31. The van der Waals surface area contributed by atoms with Gasteiger partial charge in [0, 0.05) is 13.7 Å². The number of amides is 1. The second-order valence-electron chi connectivity index (χ2n) is 5.13. The molecule has 1 saturated heterocycles. The van der Waals surface area contributed by atoms with Gasteiger partial charge in [-0.25, -0.2) is 0 Å². The first-order valence-electron chi connectivity index (χ1n) is 6.65. The molecule has 2 aliphatic rings. The number of carbonyl (C=O) groups excluding carboxylic acids is 1. The minimum Gasteiger partial charge on any atom is -0.381 e. The van der Waals surface area contributed by atoms with Crippen molar-refractivity contribution < 1.29 is 9.53 Å². The predicted molar refractivity (Wildman–Crippen MR) is 66.0 cm³/mol. The first-order chi connectivity index (χ1) is 8.75. The number of nitrogens with zero attached hydrogens (tertiary/aromatic N) is 2. The van der Waals surface area contributed by atoms with E-state index in [0.717, 1.165) is 25.0 Å². The van der Waals surface area contributed by atoms with Gasteiger partial charge in [0.15, 0.2) is 0 Å². The van der Waals surface area contributed by atoms with Gasteiger partial charge < -0.3 is 10.1 Å². The van der Waals surface area contributed by atoms with Crippen LogP contribution in [0.2, 0.25) is 0 Å². The van der Waals surface area contributed by atoms with Crippen LogP contribution in [0.5, 0.6) is 0 Å². The van der Waals surface area contributed by atoms with Crippen molar-refractivity contribution in [2.75, 3.05) is 13.2 Å². The largest absolute Gasteiger partial charge is 0.381 e. The van der Waals surface area contributed by atoms with E-state index in [0.29, 0.717) is 19.8 Å². The molecule has 0 radical (unpaired) electrons. The molecule has 98 valence electrons. The van der Waals surface area contributed by atoms with Crippen molar-refractivity contribution in [3.05, 3.63) is 17.0 Å². The first-order valence-corrected chi connectivity index (χ1v) is 6.65. The highest BCUT2D eigenvalue weighted by Crippen LogP contribution is 2.24. The molecule has 3 rings (SSSR count). The van der Waals surface area contributed by atoms with E-state index in [-0.39, 0.29) is 11.8 Å². The Labute approximate surface area is 107 Å². The average Bonchev–Trinajstić information content (AvgIpc) is 3.02. The standard InChI is InChI=1S/C13H19N3O2/c1-16-12(10-3-2-4-11(10)15-16)7-14-13(17)9-5-6-18-8-9/h9H,2-8H2,1H3,(H,14,17)/t9-/m1/s1. The van der Waals surface area contributed by atoms with E-state index in [2.05, 4.69) is 10.4 Å². The fraction of sp³-hybridized carbons (Fsp3) is 0.692. The number of carbonyl (C=O) groups is 1. The maximum Gasteiger partial charge on any atom is 0.225 e. The Hall–Kier alpha value is -1.36. The summed E-state index contributed by atoms with van der Waals surface area (Å²) in [6.07, 6.45) is 4.21. The summed E-state index contributed by atoms with van der Waals surface area (Å²) in [4.78, 5) is 11.9. The highest BCUT2D eigenvalue weighted by molar-refractivity contribution is 5.78. The number of aryl methyl sites for hydroxylation is 2. The third-order valence-corrected chi connectivity index (χ3v) is 3.93. The van der Waals surface area contributed by atoms with E-state index in [1.54, 1.807) is 0 Å². The molecule has 0 aromatic carbocycles. The van der Waals surface area contributed by atoms with Crippen LogP contribution in [0, 0.1) is 5.92 Å². The normalized spacial score (nSPS) is 22.2. The molecule has 1 aliphatic carbocycles. The van der Waals surface area contributed by atoms with Gasteiger partial charge in [0.25, 0.3) is 0 Å². The second kappa shape index (κ2) is 4.72. The van der Waals surface area contributed by atoms with E-state index in [1.165, 1.54) is 17.7 Å². The van der Waals surface area contributed by atoms with Crippen LogP contribution in [-0.4, -0.2) is 28.9 Å². The molecule has 0 saturated carbocycles. The Bertz CT molecular complexity index is 461. The summed E-state index contributed by atoms with van der Waals surface area (Å²) in [6, 6.07) is 0.